The maximum absolute atomic E-state index is 5.07. The van der Waals surface area contributed by atoms with Crippen LogP contribution in [0.2, 0.25) is 0 Å². The SMILES string of the molecule is CNc1nc(NC(C)COC)nc(-n2cccn2)n1. The van der Waals surface area contributed by atoms with Crippen LogP contribution in [0.3, 0.4) is 0 Å². The lowest BCUT2D eigenvalue weighted by atomic mass is 10.4. The van der Waals surface area contributed by atoms with Crippen LogP contribution in [0.5, 0.6) is 0 Å². The van der Waals surface area contributed by atoms with E-state index < -0.39 is 0 Å². The van der Waals surface area contributed by atoms with Crippen LogP contribution in [0.1, 0.15) is 6.92 Å². The van der Waals surface area contributed by atoms with E-state index in [1.165, 1.54) is 0 Å². The van der Waals surface area contributed by atoms with Gasteiger partial charge in [-0.1, -0.05) is 0 Å². The Bertz CT molecular complexity index is 514. The molecule has 0 bridgehead atoms. The van der Waals surface area contributed by atoms with E-state index in [0.717, 1.165) is 0 Å². The molecule has 2 rings (SSSR count). The summed E-state index contributed by atoms with van der Waals surface area (Å²) in [6.45, 7) is 2.55. The fraction of sp³-hybridized carbons (Fsp3) is 0.455. The first-order valence-electron chi connectivity index (χ1n) is 5.92. The lowest BCUT2D eigenvalue weighted by Crippen LogP contribution is -2.23. The Balaban J connectivity index is 2.26. The van der Waals surface area contributed by atoms with Crippen molar-refractivity contribution in [1.82, 2.24) is 24.7 Å². The summed E-state index contributed by atoms with van der Waals surface area (Å²) in [5, 5.41) is 10.2. The van der Waals surface area contributed by atoms with E-state index in [-0.39, 0.29) is 6.04 Å². The molecule has 19 heavy (non-hydrogen) atoms. The number of hydrogen-bond acceptors (Lipinski definition) is 7. The third-order valence-electron chi connectivity index (χ3n) is 2.35. The van der Waals surface area contributed by atoms with Crippen LogP contribution in [-0.4, -0.2) is 51.5 Å². The van der Waals surface area contributed by atoms with Gasteiger partial charge in [-0.3, -0.25) is 0 Å². The quantitative estimate of drug-likeness (QED) is 0.786. The Morgan fingerprint density at radius 2 is 2.11 bits per heavy atom. The first-order chi connectivity index (χ1) is 9.22. The van der Waals surface area contributed by atoms with Crippen LogP contribution >= 0.6 is 0 Å². The van der Waals surface area contributed by atoms with Gasteiger partial charge in [0.2, 0.25) is 11.9 Å². The molecule has 1 atom stereocenters. The van der Waals surface area contributed by atoms with E-state index in [4.69, 9.17) is 4.74 Å². The zero-order valence-corrected chi connectivity index (χ0v) is 11.2. The zero-order chi connectivity index (χ0) is 13.7. The van der Waals surface area contributed by atoms with Gasteiger partial charge in [0.25, 0.3) is 5.95 Å². The molecule has 0 spiro atoms. The van der Waals surface area contributed by atoms with Crippen LogP contribution in [0.25, 0.3) is 5.95 Å². The highest BCUT2D eigenvalue weighted by Gasteiger charge is 2.09. The van der Waals surface area contributed by atoms with E-state index in [1.54, 1.807) is 31.2 Å². The molecule has 0 fully saturated rings. The van der Waals surface area contributed by atoms with Crippen molar-refractivity contribution in [3.63, 3.8) is 0 Å². The van der Waals surface area contributed by atoms with Crippen molar-refractivity contribution in [1.29, 1.82) is 0 Å². The molecule has 0 aliphatic heterocycles. The maximum Gasteiger partial charge on any atom is 0.257 e. The van der Waals surface area contributed by atoms with Crippen molar-refractivity contribution in [2.24, 2.45) is 0 Å². The molecule has 0 aromatic carbocycles. The third-order valence-corrected chi connectivity index (χ3v) is 2.35. The highest BCUT2D eigenvalue weighted by atomic mass is 16.5. The fourth-order valence-electron chi connectivity index (χ4n) is 1.54. The summed E-state index contributed by atoms with van der Waals surface area (Å²) >= 11 is 0. The number of nitrogens with zero attached hydrogens (tertiary/aromatic N) is 5. The Morgan fingerprint density at radius 1 is 1.32 bits per heavy atom. The summed E-state index contributed by atoms with van der Waals surface area (Å²) in [6.07, 6.45) is 3.45. The number of ether oxygens (including phenoxy) is 1. The Labute approximate surface area is 111 Å². The van der Waals surface area contributed by atoms with Gasteiger partial charge in [0, 0.05) is 32.6 Å². The van der Waals surface area contributed by atoms with Crippen LogP contribution in [0.15, 0.2) is 18.5 Å². The minimum absolute atomic E-state index is 0.0996. The summed E-state index contributed by atoms with van der Waals surface area (Å²) < 4.78 is 6.65. The molecule has 0 saturated carbocycles. The summed E-state index contributed by atoms with van der Waals surface area (Å²) in [4.78, 5) is 12.8. The molecule has 0 aliphatic rings. The molecule has 0 saturated heterocycles. The minimum Gasteiger partial charge on any atom is -0.383 e. The van der Waals surface area contributed by atoms with Crippen LogP contribution in [0.4, 0.5) is 11.9 Å². The van der Waals surface area contributed by atoms with Gasteiger partial charge in [0.1, 0.15) is 0 Å². The van der Waals surface area contributed by atoms with Gasteiger partial charge in [-0.25, -0.2) is 4.68 Å². The number of nitrogens with one attached hydrogen (secondary N) is 2. The second-order valence-electron chi connectivity index (χ2n) is 3.98. The molecule has 2 aromatic rings. The molecule has 8 nitrogen and oxygen atoms in total. The molecule has 2 heterocycles. The first kappa shape index (κ1) is 13.2. The van der Waals surface area contributed by atoms with Crippen molar-refractivity contribution in [3.8, 4) is 5.95 Å². The van der Waals surface area contributed by atoms with Crippen LogP contribution in [0, 0.1) is 0 Å². The van der Waals surface area contributed by atoms with E-state index in [2.05, 4.69) is 30.7 Å². The largest absolute Gasteiger partial charge is 0.383 e. The van der Waals surface area contributed by atoms with Crippen molar-refractivity contribution in [3.05, 3.63) is 18.5 Å². The van der Waals surface area contributed by atoms with E-state index in [9.17, 15) is 0 Å². The van der Waals surface area contributed by atoms with Gasteiger partial charge >= 0.3 is 0 Å². The Morgan fingerprint density at radius 3 is 2.74 bits per heavy atom. The normalized spacial score (nSPS) is 12.2. The summed E-state index contributed by atoms with van der Waals surface area (Å²) in [5.74, 6) is 1.42. The second-order valence-corrected chi connectivity index (χ2v) is 3.98. The molecule has 0 radical (unpaired) electrons. The topological polar surface area (TPSA) is 89.8 Å². The summed E-state index contributed by atoms with van der Waals surface area (Å²) in [5.41, 5.74) is 0. The summed E-state index contributed by atoms with van der Waals surface area (Å²) in [6, 6.07) is 1.91. The average molecular weight is 263 g/mol. The second kappa shape index (κ2) is 6.10. The minimum atomic E-state index is 0.0996. The molecular formula is C11H17N7O. The molecular weight excluding hydrogens is 246 g/mol. The molecule has 0 amide bonds. The van der Waals surface area contributed by atoms with Gasteiger partial charge in [0.15, 0.2) is 0 Å². The number of anilines is 2. The highest BCUT2D eigenvalue weighted by molar-refractivity contribution is 5.37. The van der Waals surface area contributed by atoms with Crippen molar-refractivity contribution in [2.75, 3.05) is 31.4 Å². The Kier molecular flexibility index (Phi) is 4.24. The predicted molar refractivity (Wildman–Crippen MR) is 71.5 cm³/mol. The number of methoxy groups -OCH3 is 1. The molecule has 8 heteroatoms. The highest BCUT2D eigenvalue weighted by Crippen LogP contribution is 2.09. The van der Waals surface area contributed by atoms with Gasteiger partial charge in [-0.05, 0) is 13.0 Å². The lowest BCUT2D eigenvalue weighted by Gasteiger charge is -2.13. The molecule has 2 N–H and O–H groups in total. The fourth-order valence-corrected chi connectivity index (χ4v) is 1.54. The third kappa shape index (κ3) is 3.38. The van der Waals surface area contributed by atoms with E-state index in [0.29, 0.717) is 24.5 Å². The van der Waals surface area contributed by atoms with Gasteiger partial charge in [-0.15, -0.1) is 0 Å². The zero-order valence-electron chi connectivity index (χ0n) is 11.2. The van der Waals surface area contributed by atoms with Crippen LogP contribution < -0.4 is 10.6 Å². The number of hydrogen-bond donors (Lipinski definition) is 2. The van der Waals surface area contributed by atoms with Crippen molar-refractivity contribution < 1.29 is 4.74 Å². The van der Waals surface area contributed by atoms with Gasteiger partial charge < -0.3 is 15.4 Å². The molecule has 102 valence electrons. The lowest BCUT2D eigenvalue weighted by molar-refractivity contribution is 0.190. The molecule has 0 aliphatic carbocycles. The van der Waals surface area contributed by atoms with Crippen LogP contribution in [-0.2, 0) is 4.74 Å². The molecule has 2 aromatic heterocycles. The van der Waals surface area contributed by atoms with Gasteiger partial charge in [0.05, 0.1) is 6.61 Å². The van der Waals surface area contributed by atoms with E-state index >= 15 is 0 Å². The number of rotatable bonds is 6. The Hall–Kier alpha value is -2.22. The van der Waals surface area contributed by atoms with Crippen molar-refractivity contribution >= 4 is 11.9 Å². The standard InChI is InChI=1S/C11H17N7O/c1-8(7-19-3)14-10-15-9(12-2)16-11(17-10)18-6-4-5-13-18/h4-6,8H,7H2,1-3H3,(H2,12,14,15,16,17). The van der Waals surface area contributed by atoms with E-state index in [1.807, 2.05) is 13.0 Å². The maximum atomic E-state index is 5.07. The monoisotopic (exact) mass is 263 g/mol. The van der Waals surface area contributed by atoms with Gasteiger partial charge in [-0.2, -0.15) is 20.1 Å². The first-order valence-corrected chi connectivity index (χ1v) is 5.92. The molecule has 1 unspecified atom stereocenters. The smallest absolute Gasteiger partial charge is 0.257 e. The number of aromatic nitrogens is 5. The predicted octanol–water partition coefficient (Wildman–Crippen LogP) is 0.546. The average Bonchev–Trinajstić information content (AvgIpc) is 2.92. The summed E-state index contributed by atoms with van der Waals surface area (Å²) in [7, 11) is 3.41. The van der Waals surface area contributed by atoms with Crippen molar-refractivity contribution in [2.45, 2.75) is 13.0 Å².